The van der Waals surface area contributed by atoms with Crippen LogP contribution in [0.1, 0.15) is 33.6 Å². The summed E-state index contributed by atoms with van der Waals surface area (Å²) in [5.41, 5.74) is 1.74. The minimum atomic E-state index is -0.901. The van der Waals surface area contributed by atoms with Crippen LogP contribution < -0.4 is 4.90 Å². The standard InChI is InChI=1S/C17H17Cl2NO3S/c1-10(11-2-3-13(18)14(19)8-11)12-9-15(24-16(12)17(21)22)20-4-6-23-7-5-20/h2-3,8-10H,4-7H2,1H3,(H,21,22). The molecule has 1 aromatic carbocycles. The zero-order chi connectivity index (χ0) is 17.3. The van der Waals surface area contributed by atoms with Gasteiger partial charge in [-0.05, 0) is 29.3 Å². The number of halogens is 2. The van der Waals surface area contributed by atoms with E-state index in [0.29, 0.717) is 28.1 Å². The fraction of sp³-hybridized carbons (Fsp3) is 0.353. The van der Waals surface area contributed by atoms with Gasteiger partial charge in [-0.1, -0.05) is 36.2 Å². The van der Waals surface area contributed by atoms with Gasteiger partial charge in [0.1, 0.15) is 4.88 Å². The molecule has 0 spiro atoms. The van der Waals surface area contributed by atoms with E-state index in [2.05, 4.69) is 4.90 Å². The highest BCUT2D eigenvalue weighted by molar-refractivity contribution is 7.18. The summed E-state index contributed by atoms with van der Waals surface area (Å²) in [5, 5.41) is 11.5. The van der Waals surface area contributed by atoms with E-state index < -0.39 is 5.97 Å². The lowest BCUT2D eigenvalue weighted by Crippen LogP contribution is -2.35. The lowest BCUT2D eigenvalue weighted by atomic mass is 9.93. The quantitative estimate of drug-likeness (QED) is 0.825. The first kappa shape index (κ1) is 17.5. The van der Waals surface area contributed by atoms with Crippen molar-refractivity contribution in [2.75, 3.05) is 31.2 Å². The third-order valence-corrected chi connectivity index (χ3v) is 6.11. The molecule has 24 heavy (non-hydrogen) atoms. The number of benzene rings is 1. The lowest BCUT2D eigenvalue weighted by Gasteiger charge is -2.27. The largest absolute Gasteiger partial charge is 0.477 e. The molecule has 0 saturated carbocycles. The number of ether oxygens (including phenoxy) is 1. The summed E-state index contributed by atoms with van der Waals surface area (Å²) in [7, 11) is 0. The number of carboxylic acid groups (broad SMARTS) is 1. The summed E-state index contributed by atoms with van der Waals surface area (Å²) in [6.07, 6.45) is 0. The van der Waals surface area contributed by atoms with E-state index >= 15 is 0 Å². The number of aromatic carboxylic acids is 1. The van der Waals surface area contributed by atoms with Gasteiger partial charge in [-0.2, -0.15) is 0 Å². The van der Waals surface area contributed by atoms with Crippen molar-refractivity contribution in [2.45, 2.75) is 12.8 Å². The maximum Gasteiger partial charge on any atom is 0.346 e. The first-order valence-corrected chi connectivity index (χ1v) is 9.19. The maximum atomic E-state index is 11.7. The number of morpholine rings is 1. The Morgan fingerprint density at radius 2 is 1.96 bits per heavy atom. The first-order valence-electron chi connectivity index (χ1n) is 7.62. The van der Waals surface area contributed by atoms with Crippen LogP contribution in [-0.4, -0.2) is 37.4 Å². The number of hydrogen-bond donors (Lipinski definition) is 1. The minimum absolute atomic E-state index is 0.0862. The van der Waals surface area contributed by atoms with Crippen LogP contribution >= 0.6 is 34.5 Å². The minimum Gasteiger partial charge on any atom is -0.477 e. The van der Waals surface area contributed by atoms with E-state index in [9.17, 15) is 9.90 Å². The van der Waals surface area contributed by atoms with Crippen LogP contribution in [-0.2, 0) is 4.74 Å². The molecule has 3 rings (SSSR count). The summed E-state index contributed by atoms with van der Waals surface area (Å²) in [5.74, 6) is -0.988. The van der Waals surface area contributed by atoms with E-state index in [4.69, 9.17) is 27.9 Å². The summed E-state index contributed by atoms with van der Waals surface area (Å²) in [6, 6.07) is 7.40. The number of rotatable bonds is 4. The number of carbonyl (C=O) groups is 1. The van der Waals surface area contributed by atoms with Gasteiger partial charge < -0.3 is 14.7 Å². The van der Waals surface area contributed by atoms with Crippen molar-refractivity contribution in [3.8, 4) is 0 Å². The molecule has 0 amide bonds. The Bertz CT molecular complexity index is 756. The van der Waals surface area contributed by atoms with Gasteiger partial charge in [0.25, 0.3) is 0 Å². The van der Waals surface area contributed by atoms with Crippen LogP contribution in [0.4, 0.5) is 5.00 Å². The summed E-state index contributed by atoms with van der Waals surface area (Å²) < 4.78 is 5.37. The highest BCUT2D eigenvalue weighted by Gasteiger charge is 2.24. The van der Waals surface area contributed by atoms with Crippen molar-refractivity contribution in [3.05, 3.63) is 50.3 Å². The average Bonchev–Trinajstić information content (AvgIpc) is 3.03. The van der Waals surface area contributed by atoms with Crippen LogP contribution in [0.3, 0.4) is 0 Å². The molecule has 1 unspecified atom stereocenters. The zero-order valence-corrected chi connectivity index (χ0v) is 15.4. The van der Waals surface area contributed by atoms with Gasteiger partial charge in [0.2, 0.25) is 0 Å². The predicted molar refractivity (Wildman–Crippen MR) is 98.3 cm³/mol. The van der Waals surface area contributed by atoms with E-state index in [1.54, 1.807) is 12.1 Å². The Kier molecular flexibility index (Phi) is 5.35. The molecule has 4 nitrogen and oxygen atoms in total. The molecule has 1 aliphatic heterocycles. The van der Waals surface area contributed by atoms with Crippen molar-refractivity contribution in [3.63, 3.8) is 0 Å². The molecule has 0 bridgehead atoms. The molecule has 1 aromatic heterocycles. The van der Waals surface area contributed by atoms with Crippen LogP contribution in [0.5, 0.6) is 0 Å². The molecule has 1 N–H and O–H groups in total. The molecule has 0 aliphatic carbocycles. The Labute approximate surface area is 154 Å². The average molecular weight is 386 g/mol. The second kappa shape index (κ2) is 7.31. The molecule has 2 heterocycles. The van der Waals surface area contributed by atoms with Crippen molar-refractivity contribution >= 4 is 45.5 Å². The number of thiophene rings is 1. The van der Waals surface area contributed by atoms with Crippen LogP contribution in [0.2, 0.25) is 10.0 Å². The summed E-state index contributed by atoms with van der Waals surface area (Å²) >= 11 is 13.4. The molecule has 1 saturated heterocycles. The molecule has 1 aliphatic rings. The third-order valence-electron chi connectivity index (χ3n) is 4.17. The van der Waals surface area contributed by atoms with E-state index in [1.807, 2.05) is 19.1 Å². The van der Waals surface area contributed by atoms with E-state index in [0.717, 1.165) is 29.2 Å². The predicted octanol–water partition coefficient (Wildman–Crippen LogP) is 4.74. The van der Waals surface area contributed by atoms with Gasteiger partial charge in [-0.25, -0.2) is 4.79 Å². The smallest absolute Gasteiger partial charge is 0.346 e. The van der Waals surface area contributed by atoms with Gasteiger partial charge in [0.15, 0.2) is 0 Å². The van der Waals surface area contributed by atoms with Gasteiger partial charge in [0.05, 0.1) is 28.3 Å². The molecular weight excluding hydrogens is 369 g/mol. The van der Waals surface area contributed by atoms with Crippen molar-refractivity contribution in [1.82, 2.24) is 0 Å². The molecule has 1 fully saturated rings. The molecular formula is C17H17Cl2NO3S. The number of anilines is 1. The van der Waals surface area contributed by atoms with Gasteiger partial charge in [0, 0.05) is 19.0 Å². The van der Waals surface area contributed by atoms with Crippen molar-refractivity contribution < 1.29 is 14.6 Å². The maximum absolute atomic E-state index is 11.7. The van der Waals surface area contributed by atoms with Gasteiger partial charge in [-0.3, -0.25) is 0 Å². The molecule has 2 aromatic rings. The Balaban J connectivity index is 1.97. The van der Waals surface area contributed by atoms with Crippen molar-refractivity contribution in [1.29, 1.82) is 0 Å². The zero-order valence-electron chi connectivity index (χ0n) is 13.1. The summed E-state index contributed by atoms with van der Waals surface area (Å²) in [4.78, 5) is 14.2. The molecule has 1 atom stereocenters. The Morgan fingerprint density at radius 1 is 1.25 bits per heavy atom. The fourth-order valence-electron chi connectivity index (χ4n) is 2.78. The Hall–Kier alpha value is -1.27. The van der Waals surface area contributed by atoms with Crippen LogP contribution in [0.25, 0.3) is 0 Å². The number of nitrogens with zero attached hydrogens (tertiary/aromatic N) is 1. The lowest BCUT2D eigenvalue weighted by molar-refractivity contribution is 0.0701. The third kappa shape index (κ3) is 3.54. The van der Waals surface area contributed by atoms with E-state index in [1.165, 1.54) is 11.3 Å². The van der Waals surface area contributed by atoms with E-state index in [-0.39, 0.29) is 5.92 Å². The summed E-state index contributed by atoms with van der Waals surface area (Å²) in [6.45, 7) is 4.87. The highest BCUT2D eigenvalue weighted by atomic mass is 35.5. The topological polar surface area (TPSA) is 49.8 Å². The van der Waals surface area contributed by atoms with Crippen LogP contribution in [0, 0.1) is 0 Å². The van der Waals surface area contributed by atoms with Crippen LogP contribution in [0.15, 0.2) is 24.3 Å². The first-order chi connectivity index (χ1) is 11.5. The number of hydrogen-bond acceptors (Lipinski definition) is 4. The van der Waals surface area contributed by atoms with Gasteiger partial charge >= 0.3 is 5.97 Å². The fourth-order valence-corrected chi connectivity index (χ4v) is 4.24. The molecule has 0 radical (unpaired) electrons. The second-order valence-corrected chi connectivity index (χ2v) is 7.51. The molecule has 128 valence electrons. The normalized spacial score (nSPS) is 16.2. The van der Waals surface area contributed by atoms with Crippen molar-refractivity contribution in [2.24, 2.45) is 0 Å². The van der Waals surface area contributed by atoms with Gasteiger partial charge in [-0.15, -0.1) is 11.3 Å². The molecule has 7 heteroatoms. The number of carboxylic acids is 1. The second-order valence-electron chi connectivity index (χ2n) is 5.67. The monoisotopic (exact) mass is 385 g/mol. The Morgan fingerprint density at radius 3 is 2.58 bits per heavy atom. The SMILES string of the molecule is CC(c1ccc(Cl)c(Cl)c1)c1cc(N2CCOCC2)sc1C(=O)O. The highest BCUT2D eigenvalue weighted by Crippen LogP contribution is 2.38.